The van der Waals surface area contributed by atoms with Gasteiger partial charge in [-0.2, -0.15) is 0 Å². The SMILES string of the molecule is CCCC(C1CCCCC1)C1(c2cccs2)NC(=O)NC1=O. The van der Waals surface area contributed by atoms with Crippen LogP contribution in [0.1, 0.15) is 56.7 Å². The molecule has 0 radical (unpaired) electrons. The zero-order chi connectivity index (χ0) is 15.6. The van der Waals surface area contributed by atoms with E-state index in [1.807, 2.05) is 17.5 Å². The van der Waals surface area contributed by atoms with Crippen molar-refractivity contribution in [3.63, 3.8) is 0 Å². The second-order valence-corrected chi connectivity index (χ2v) is 7.43. The molecule has 2 atom stereocenters. The Morgan fingerprint density at radius 1 is 1.32 bits per heavy atom. The van der Waals surface area contributed by atoms with E-state index in [0.29, 0.717) is 5.92 Å². The summed E-state index contributed by atoms with van der Waals surface area (Å²) in [6, 6.07) is 3.60. The minimum atomic E-state index is -0.858. The van der Waals surface area contributed by atoms with Gasteiger partial charge in [-0.15, -0.1) is 11.3 Å². The van der Waals surface area contributed by atoms with Crippen LogP contribution in [0.2, 0.25) is 0 Å². The molecule has 120 valence electrons. The van der Waals surface area contributed by atoms with Gasteiger partial charge in [0.1, 0.15) is 0 Å². The average Bonchev–Trinajstić information content (AvgIpc) is 3.14. The topological polar surface area (TPSA) is 58.2 Å². The zero-order valence-corrected chi connectivity index (χ0v) is 13.9. The second kappa shape index (κ2) is 6.41. The molecule has 4 nitrogen and oxygen atoms in total. The van der Waals surface area contributed by atoms with E-state index in [1.165, 1.54) is 32.1 Å². The van der Waals surface area contributed by atoms with Crippen molar-refractivity contribution in [2.24, 2.45) is 11.8 Å². The highest BCUT2D eigenvalue weighted by molar-refractivity contribution is 7.10. The molecule has 1 aromatic rings. The molecule has 2 unspecified atom stereocenters. The number of rotatable bonds is 5. The van der Waals surface area contributed by atoms with Crippen LogP contribution in [-0.2, 0) is 10.3 Å². The molecule has 1 saturated carbocycles. The molecule has 1 aromatic heterocycles. The van der Waals surface area contributed by atoms with Gasteiger partial charge in [-0.1, -0.05) is 51.5 Å². The lowest BCUT2D eigenvalue weighted by atomic mass is 9.67. The van der Waals surface area contributed by atoms with E-state index in [9.17, 15) is 9.59 Å². The van der Waals surface area contributed by atoms with Crippen molar-refractivity contribution in [1.29, 1.82) is 0 Å². The second-order valence-electron chi connectivity index (χ2n) is 6.49. The Morgan fingerprint density at radius 2 is 2.09 bits per heavy atom. The van der Waals surface area contributed by atoms with Crippen molar-refractivity contribution >= 4 is 23.3 Å². The molecular formula is C17H24N2O2S. The Balaban J connectivity index is 2.02. The van der Waals surface area contributed by atoms with Gasteiger partial charge in [-0.05, 0) is 29.7 Å². The molecule has 2 N–H and O–H groups in total. The molecule has 1 aliphatic heterocycles. The van der Waals surface area contributed by atoms with Crippen LogP contribution >= 0.6 is 11.3 Å². The lowest BCUT2D eigenvalue weighted by Gasteiger charge is -2.40. The molecule has 1 saturated heterocycles. The van der Waals surface area contributed by atoms with Crippen LogP contribution in [0.3, 0.4) is 0 Å². The van der Waals surface area contributed by atoms with Crippen molar-refractivity contribution in [2.75, 3.05) is 0 Å². The fraction of sp³-hybridized carbons (Fsp3) is 0.647. The van der Waals surface area contributed by atoms with Crippen LogP contribution in [0.4, 0.5) is 4.79 Å². The third-order valence-corrected chi connectivity index (χ3v) is 6.19. The maximum absolute atomic E-state index is 12.8. The number of thiophene rings is 1. The van der Waals surface area contributed by atoms with E-state index in [0.717, 1.165) is 17.7 Å². The minimum Gasteiger partial charge on any atom is -0.318 e. The van der Waals surface area contributed by atoms with Crippen LogP contribution in [-0.4, -0.2) is 11.9 Å². The molecule has 3 amide bonds. The summed E-state index contributed by atoms with van der Waals surface area (Å²) in [5.41, 5.74) is -0.858. The molecular weight excluding hydrogens is 296 g/mol. The van der Waals surface area contributed by atoms with E-state index in [-0.39, 0.29) is 17.9 Å². The summed E-state index contributed by atoms with van der Waals surface area (Å²) < 4.78 is 0. The summed E-state index contributed by atoms with van der Waals surface area (Å²) in [6.45, 7) is 2.16. The van der Waals surface area contributed by atoms with Crippen LogP contribution in [0.5, 0.6) is 0 Å². The summed E-state index contributed by atoms with van der Waals surface area (Å²) in [5.74, 6) is 0.534. The molecule has 0 spiro atoms. The molecule has 3 rings (SSSR count). The summed E-state index contributed by atoms with van der Waals surface area (Å²) in [7, 11) is 0. The zero-order valence-electron chi connectivity index (χ0n) is 13.1. The molecule has 0 aromatic carbocycles. The predicted molar refractivity (Wildman–Crippen MR) is 87.6 cm³/mol. The van der Waals surface area contributed by atoms with Gasteiger partial charge in [-0.3, -0.25) is 10.1 Å². The fourth-order valence-electron chi connectivity index (χ4n) is 4.24. The monoisotopic (exact) mass is 320 g/mol. The van der Waals surface area contributed by atoms with Crippen molar-refractivity contribution in [3.05, 3.63) is 22.4 Å². The third-order valence-electron chi connectivity index (χ3n) is 5.18. The van der Waals surface area contributed by atoms with Gasteiger partial charge >= 0.3 is 6.03 Å². The van der Waals surface area contributed by atoms with E-state index < -0.39 is 5.54 Å². The van der Waals surface area contributed by atoms with Crippen molar-refractivity contribution in [1.82, 2.24) is 10.6 Å². The Hall–Kier alpha value is -1.36. The minimum absolute atomic E-state index is 0.163. The fourth-order valence-corrected chi connectivity index (χ4v) is 5.18. The highest BCUT2D eigenvalue weighted by Gasteiger charge is 2.55. The van der Waals surface area contributed by atoms with Crippen LogP contribution in [0.25, 0.3) is 0 Å². The van der Waals surface area contributed by atoms with E-state index in [1.54, 1.807) is 11.3 Å². The lowest BCUT2D eigenvalue weighted by Crippen LogP contribution is -2.52. The first-order chi connectivity index (χ1) is 10.7. The average molecular weight is 320 g/mol. The van der Waals surface area contributed by atoms with E-state index in [4.69, 9.17) is 0 Å². The van der Waals surface area contributed by atoms with Gasteiger partial charge in [0, 0.05) is 4.88 Å². The number of amides is 3. The highest BCUT2D eigenvalue weighted by atomic mass is 32.1. The van der Waals surface area contributed by atoms with Crippen molar-refractivity contribution < 1.29 is 9.59 Å². The number of carbonyl (C=O) groups is 2. The Kier molecular flexibility index (Phi) is 4.52. The van der Waals surface area contributed by atoms with Gasteiger partial charge in [0.05, 0.1) is 0 Å². The number of nitrogens with one attached hydrogen (secondary N) is 2. The number of hydrogen-bond donors (Lipinski definition) is 2. The Morgan fingerprint density at radius 3 is 2.64 bits per heavy atom. The van der Waals surface area contributed by atoms with E-state index in [2.05, 4.69) is 17.6 Å². The first-order valence-electron chi connectivity index (χ1n) is 8.36. The quantitative estimate of drug-likeness (QED) is 0.811. The molecule has 22 heavy (non-hydrogen) atoms. The molecule has 2 heterocycles. The summed E-state index contributed by atoms with van der Waals surface area (Å²) in [4.78, 5) is 25.7. The number of imide groups is 1. The maximum Gasteiger partial charge on any atom is 0.322 e. The van der Waals surface area contributed by atoms with Gasteiger partial charge in [0.2, 0.25) is 0 Å². The first-order valence-corrected chi connectivity index (χ1v) is 9.24. The largest absolute Gasteiger partial charge is 0.322 e. The van der Waals surface area contributed by atoms with Crippen molar-refractivity contribution in [3.8, 4) is 0 Å². The summed E-state index contributed by atoms with van der Waals surface area (Å²) >= 11 is 1.57. The summed E-state index contributed by atoms with van der Waals surface area (Å²) in [6.07, 6.45) is 8.09. The number of carbonyl (C=O) groups excluding carboxylic acids is 2. The molecule has 1 aliphatic carbocycles. The maximum atomic E-state index is 12.8. The van der Waals surface area contributed by atoms with Gasteiger partial charge in [0.15, 0.2) is 5.54 Å². The Bertz CT molecular complexity index is 537. The highest BCUT2D eigenvalue weighted by Crippen LogP contribution is 2.46. The van der Waals surface area contributed by atoms with Crippen molar-refractivity contribution in [2.45, 2.75) is 57.4 Å². The molecule has 5 heteroatoms. The van der Waals surface area contributed by atoms with Gasteiger partial charge < -0.3 is 5.32 Å². The van der Waals surface area contributed by atoms with Crippen LogP contribution in [0, 0.1) is 11.8 Å². The molecule has 0 bridgehead atoms. The van der Waals surface area contributed by atoms with Gasteiger partial charge in [-0.25, -0.2) is 4.79 Å². The molecule has 2 aliphatic rings. The normalized spacial score (nSPS) is 27.5. The summed E-state index contributed by atoms with van der Waals surface area (Å²) in [5, 5.41) is 7.49. The first kappa shape index (κ1) is 15.5. The standard InChI is InChI=1S/C17H24N2O2S/c1-2-7-13(12-8-4-3-5-9-12)17(14-10-6-11-22-14)15(20)18-16(21)19-17/h6,10-13H,2-5,7-9H2,1H3,(H2,18,19,20,21). The lowest BCUT2D eigenvalue weighted by molar-refractivity contribution is -0.127. The molecule has 2 fully saturated rings. The smallest absolute Gasteiger partial charge is 0.318 e. The predicted octanol–water partition coefficient (Wildman–Crippen LogP) is 3.78. The van der Waals surface area contributed by atoms with E-state index >= 15 is 0 Å². The van der Waals surface area contributed by atoms with Crippen LogP contribution < -0.4 is 10.6 Å². The number of hydrogen-bond acceptors (Lipinski definition) is 3. The van der Waals surface area contributed by atoms with Gasteiger partial charge in [0.25, 0.3) is 5.91 Å². The Labute approximate surface area is 135 Å². The third kappa shape index (κ3) is 2.56. The van der Waals surface area contributed by atoms with Crippen LogP contribution in [0.15, 0.2) is 17.5 Å². The number of urea groups is 1.